The summed E-state index contributed by atoms with van der Waals surface area (Å²) in [5.41, 5.74) is 6.43. The minimum atomic E-state index is -0.350. The van der Waals surface area contributed by atoms with Crippen molar-refractivity contribution in [3.05, 3.63) is 51.4 Å². The molecule has 10 nitrogen and oxygen atoms in total. The quantitative estimate of drug-likeness (QED) is 0.400. The summed E-state index contributed by atoms with van der Waals surface area (Å²) in [7, 11) is 0. The van der Waals surface area contributed by atoms with Gasteiger partial charge in [-0.1, -0.05) is 0 Å². The number of anilines is 3. The van der Waals surface area contributed by atoms with Crippen LogP contribution in [0.3, 0.4) is 0 Å². The number of hydrogen-bond acceptors (Lipinski definition) is 6. The Labute approximate surface area is 121 Å². The summed E-state index contributed by atoms with van der Waals surface area (Å²) < 4.78 is 2.71. The van der Waals surface area contributed by atoms with Crippen LogP contribution in [-0.4, -0.2) is 29.2 Å². The van der Waals surface area contributed by atoms with Gasteiger partial charge in [0.1, 0.15) is 17.2 Å². The molecule has 4 aromatic rings. The molecule has 0 atom stereocenters. The van der Waals surface area contributed by atoms with Crippen molar-refractivity contribution in [3.63, 3.8) is 0 Å². The van der Waals surface area contributed by atoms with Crippen molar-refractivity contribution in [3.8, 4) is 0 Å². The van der Waals surface area contributed by atoms with Gasteiger partial charge in [0.2, 0.25) is 0 Å². The molecule has 0 radical (unpaired) electrons. The first-order valence-corrected chi connectivity index (χ1v) is 6.32. The largest absolute Gasteiger partial charge is 0.394 e. The molecule has 0 aromatic carbocycles. The molecule has 0 saturated carbocycles. The minimum absolute atomic E-state index is 0.210. The molecule has 0 aliphatic carbocycles. The van der Waals surface area contributed by atoms with Crippen LogP contribution in [0.5, 0.6) is 0 Å². The van der Waals surface area contributed by atoms with Crippen molar-refractivity contribution < 1.29 is 0 Å². The van der Waals surface area contributed by atoms with Crippen molar-refractivity contribution in [2.75, 3.05) is 11.1 Å². The van der Waals surface area contributed by atoms with Crippen LogP contribution < -0.4 is 22.2 Å². The second kappa shape index (κ2) is 4.22. The van der Waals surface area contributed by atoms with E-state index in [1.54, 1.807) is 12.3 Å². The van der Waals surface area contributed by atoms with E-state index in [2.05, 4.69) is 25.5 Å². The van der Waals surface area contributed by atoms with Gasteiger partial charge in [0.05, 0.1) is 18.1 Å². The van der Waals surface area contributed by atoms with Crippen molar-refractivity contribution in [2.24, 2.45) is 0 Å². The zero-order valence-corrected chi connectivity index (χ0v) is 11.1. The molecule has 4 heterocycles. The molecule has 0 unspecified atom stereocenters. The topological polar surface area (TPSA) is 138 Å². The minimum Gasteiger partial charge on any atom is -0.394 e. The first kappa shape index (κ1) is 12.2. The lowest BCUT2D eigenvalue weighted by Gasteiger charge is -2.05. The summed E-state index contributed by atoms with van der Waals surface area (Å²) in [5, 5.41) is 9.52. The highest BCUT2D eigenvalue weighted by Gasteiger charge is 2.09. The van der Waals surface area contributed by atoms with Crippen LogP contribution in [0.1, 0.15) is 0 Å². The molecular formula is C12H10N8O2. The van der Waals surface area contributed by atoms with Gasteiger partial charge in [-0.3, -0.25) is 14.7 Å². The Hall–Kier alpha value is -3.56. The van der Waals surface area contributed by atoms with Gasteiger partial charge in [0.15, 0.2) is 5.65 Å². The number of nitrogens with zero attached hydrogens (tertiary/aromatic N) is 4. The molecule has 0 amide bonds. The van der Waals surface area contributed by atoms with E-state index in [9.17, 15) is 9.59 Å². The zero-order chi connectivity index (χ0) is 15.3. The molecule has 0 aliphatic heterocycles. The molecule has 0 saturated heterocycles. The normalized spacial score (nSPS) is 11.3. The fraction of sp³-hybridized carbons (Fsp3) is 0. The third-order valence-electron chi connectivity index (χ3n) is 3.20. The summed E-state index contributed by atoms with van der Waals surface area (Å²) >= 11 is 0. The van der Waals surface area contributed by atoms with E-state index in [4.69, 9.17) is 5.73 Å². The van der Waals surface area contributed by atoms with Crippen LogP contribution in [0.15, 0.2) is 40.3 Å². The number of aromatic amines is 2. The molecule has 5 N–H and O–H groups in total. The first-order chi connectivity index (χ1) is 10.6. The fourth-order valence-corrected chi connectivity index (χ4v) is 2.17. The molecule has 0 fully saturated rings. The Morgan fingerprint density at radius 3 is 3.05 bits per heavy atom. The Morgan fingerprint density at radius 1 is 1.32 bits per heavy atom. The van der Waals surface area contributed by atoms with Crippen molar-refractivity contribution >= 4 is 28.5 Å². The number of nitrogen functional groups attached to an aromatic ring is 1. The number of rotatable bonds is 2. The Balaban J connectivity index is 1.85. The van der Waals surface area contributed by atoms with E-state index < -0.39 is 0 Å². The van der Waals surface area contributed by atoms with Crippen LogP contribution in [0.2, 0.25) is 0 Å². The summed E-state index contributed by atoms with van der Waals surface area (Å²) in [4.78, 5) is 30.8. The lowest BCUT2D eigenvalue weighted by molar-refractivity contribution is 0.900. The number of hydrogen-bond donors (Lipinski definition) is 4. The smallest absolute Gasteiger partial charge is 0.274 e. The van der Waals surface area contributed by atoms with Gasteiger partial charge >= 0.3 is 0 Å². The standard InChI is InChI=1S/C12H10N8O2/c13-6-4-15-20-10(21)3-8(17-11(6)20)16-7-5-19-9(1-2-14-19)18-12(7)22/h1-5,15-16H,13H2,(H,18,22). The lowest BCUT2D eigenvalue weighted by Crippen LogP contribution is -2.18. The lowest BCUT2D eigenvalue weighted by atomic mass is 10.4. The number of nitrogens with one attached hydrogen (secondary N) is 3. The average Bonchev–Trinajstić information content (AvgIpc) is 3.07. The number of fused-ring (bicyclic) bond motifs is 2. The monoisotopic (exact) mass is 298 g/mol. The van der Waals surface area contributed by atoms with Gasteiger partial charge in [0, 0.05) is 18.3 Å². The van der Waals surface area contributed by atoms with Crippen LogP contribution in [0.4, 0.5) is 17.2 Å². The number of H-pyrrole nitrogens is 2. The van der Waals surface area contributed by atoms with E-state index in [1.807, 2.05) is 0 Å². The van der Waals surface area contributed by atoms with Gasteiger partial charge in [-0.15, -0.1) is 0 Å². The van der Waals surface area contributed by atoms with Crippen LogP contribution in [0.25, 0.3) is 11.3 Å². The van der Waals surface area contributed by atoms with Gasteiger partial charge in [-0.25, -0.2) is 9.50 Å². The third kappa shape index (κ3) is 1.74. The Bertz CT molecular complexity index is 1120. The molecule has 4 aromatic heterocycles. The van der Waals surface area contributed by atoms with Gasteiger partial charge in [-0.05, 0) is 0 Å². The van der Waals surface area contributed by atoms with Crippen molar-refractivity contribution in [1.29, 1.82) is 0 Å². The molecule has 0 spiro atoms. The highest BCUT2D eigenvalue weighted by Crippen LogP contribution is 2.13. The zero-order valence-electron chi connectivity index (χ0n) is 11.1. The molecule has 10 heteroatoms. The maximum Gasteiger partial charge on any atom is 0.274 e. The molecule has 0 bridgehead atoms. The van der Waals surface area contributed by atoms with E-state index >= 15 is 0 Å². The second-order valence-electron chi connectivity index (χ2n) is 4.65. The fourth-order valence-electron chi connectivity index (χ4n) is 2.17. The maximum atomic E-state index is 12.0. The predicted molar refractivity (Wildman–Crippen MR) is 79.3 cm³/mol. The van der Waals surface area contributed by atoms with Gasteiger partial charge < -0.3 is 16.0 Å². The average molecular weight is 298 g/mol. The molecule has 0 aliphatic rings. The Kier molecular flexibility index (Phi) is 2.34. The summed E-state index contributed by atoms with van der Waals surface area (Å²) in [6.45, 7) is 0. The summed E-state index contributed by atoms with van der Waals surface area (Å²) in [6.07, 6.45) is 4.54. The SMILES string of the molecule is Nc1c[nH]n2c(=O)cc(Nc3cn4nccc4[nH]c3=O)nc12. The van der Waals surface area contributed by atoms with Crippen molar-refractivity contribution in [2.45, 2.75) is 0 Å². The van der Waals surface area contributed by atoms with Crippen molar-refractivity contribution in [1.82, 2.24) is 29.2 Å². The van der Waals surface area contributed by atoms with Gasteiger partial charge in [0.25, 0.3) is 11.1 Å². The second-order valence-corrected chi connectivity index (χ2v) is 4.65. The molecule has 22 heavy (non-hydrogen) atoms. The van der Waals surface area contributed by atoms with E-state index in [-0.39, 0.29) is 28.3 Å². The predicted octanol–water partition coefficient (Wildman–Crippen LogP) is -0.316. The highest BCUT2D eigenvalue weighted by molar-refractivity contribution is 5.66. The van der Waals surface area contributed by atoms with Crippen LogP contribution in [0, 0.1) is 0 Å². The van der Waals surface area contributed by atoms with Crippen LogP contribution in [-0.2, 0) is 0 Å². The molecule has 110 valence electrons. The molecular weight excluding hydrogens is 288 g/mol. The summed E-state index contributed by atoms with van der Waals surface area (Å²) in [5.74, 6) is 0.216. The van der Waals surface area contributed by atoms with E-state index in [0.717, 1.165) is 0 Å². The maximum absolute atomic E-state index is 12.0. The van der Waals surface area contributed by atoms with Crippen LogP contribution >= 0.6 is 0 Å². The first-order valence-electron chi connectivity index (χ1n) is 6.32. The third-order valence-corrected chi connectivity index (χ3v) is 3.20. The molecule has 4 rings (SSSR count). The summed E-state index contributed by atoms with van der Waals surface area (Å²) in [6, 6.07) is 2.93. The van der Waals surface area contributed by atoms with E-state index in [0.29, 0.717) is 11.3 Å². The number of aromatic nitrogens is 6. The number of nitrogens with two attached hydrogens (primary N) is 1. The highest BCUT2D eigenvalue weighted by atomic mass is 16.1. The van der Waals surface area contributed by atoms with Gasteiger partial charge in [-0.2, -0.15) is 9.61 Å². The Morgan fingerprint density at radius 2 is 2.18 bits per heavy atom. The van der Waals surface area contributed by atoms with E-state index in [1.165, 1.54) is 27.5 Å².